The van der Waals surface area contributed by atoms with Crippen LogP contribution in [0, 0.1) is 6.92 Å². The van der Waals surface area contributed by atoms with Gasteiger partial charge in [-0.2, -0.15) is 5.10 Å². The Bertz CT molecular complexity index is 1690. The first kappa shape index (κ1) is 27.1. The van der Waals surface area contributed by atoms with E-state index in [1.807, 2.05) is 78.5 Å². The maximum atomic E-state index is 13.1. The molecule has 1 amide bonds. The summed E-state index contributed by atoms with van der Waals surface area (Å²) in [6.45, 7) is 6.12. The smallest absolute Gasteiger partial charge is 0.273 e. The number of aromatic nitrogens is 3. The molecule has 9 nitrogen and oxygen atoms in total. The highest BCUT2D eigenvalue weighted by atomic mass is 16.6. The van der Waals surface area contributed by atoms with Crippen molar-refractivity contribution < 1.29 is 23.5 Å². The maximum Gasteiger partial charge on any atom is 0.273 e. The Kier molecular flexibility index (Phi) is 7.89. The molecule has 5 aromatic rings. The number of carbonyl (C=O) groups excluding carboxylic acids is 1. The summed E-state index contributed by atoms with van der Waals surface area (Å²) in [7, 11) is 0. The minimum Gasteiger partial charge on any atom is -0.493 e. The van der Waals surface area contributed by atoms with Crippen LogP contribution < -0.4 is 19.5 Å². The van der Waals surface area contributed by atoms with Gasteiger partial charge in [0.05, 0.1) is 18.0 Å². The van der Waals surface area contributed by atoms with Crippen molar-refractivity contribution in [2.24, 2.45) is 0 Å². The summed E-state index contributed by atoms with van der Waals surface area (Å²) in [5.74, 6) is 2.30. The molecule has 0 saturated heterocycles. The first-order chi connectivity index (χ1) is 20.6. The van der Waals surface area contributed by atoms with E-state index in [0.29, 0.717) is 37.1 Å². The molecular formula is C33H32N4O5. The monoisotopic (exact) mass is 564 g/mol. The fraction of sp³-hybridized carbons (Fsp3) is 0.242. The third kappa shape index (κ3) is 5.85. The molecule has 3 heterocycles. The van der Waals surface area contributed by atoms with Gasteiger partial charge in [-0.3, -0.25) is 4.79 Å². The van der Waals surface area contributed by atoms with Gasteiger partial charge in [0.25, 0.3) is 5.91 Å². The highest BCUT2D eigenvalue weighted by molar-refractivity contribution is 5.93. The lowest BCUT2D eigenvalue weighted by molar-refractivity contribution is 0.0942. The summed E-state index contributed by atoms with van der Waals surface area (Å²) in [4.78, 5) is 13.1. The average molecular weight is 565 g/mol. The molecule has 0 unspecified atom stereocenters. The summed E-state index contributed by atoms with van der Waals surface area (Å²) in [5.41, 5.74) is 5.46. The number of fused-ring (bicyclic) bond motifs is 1. The van der Waals surface area contributed by atoms with Gasteiger partial charge >= 0.3 is 0 Å². The number of unbranched alkanes of at least 4 members (excludes halogenated alkanes) is 1. The summed E-state index contributed by atoms with van der Waals surface area (Å²) in [5, 5.41) is 11.9. The molecule has 214 valence electrons. The second-order valence-electron chi connectivity index (χ2n) is 10.1. The first-order valence-corrected chi connectivity index (χ1v) is 14.1. The van der Waals surface area contributed by atoms with E-state index >= 15 is 0 Å². The lowest BCUT2D eigenvalue weighted by atomic mass is 10.0. The molecule has 0 radical (unpaired) electrons. The number of hydrogen-bond donors (Lipinski definition) is 1. The van der Waals surface area contributed by atoms with E-state index < -0.39 is 0 Å². The molecule has 2 aromatic heterocycles. The number of para-hydroxylation sites is 1. The lowest BCUT2D eigenvalue weighted by Gasteiger charge is -2.18. The first-order valence-electron chi connectivity index (χ1n) is 14.1. The van der Waals surface area contributed by atoms with E-state index in [1.165, 1.54) is 0 Å². The van der Waals surface area contributed by atoms with Gasteiger partial charge in [0.1, 0.15) is 19.0 Å². The van der Waals surface area contributed by atoms with Crippen molar-refractivity contribution in [1.29, 1.82) is 0 Å². The fourth-order valence-corrected chi connectivity index (χ4v) is 4.76. The predicted octanol–water partition coefficient (Wildman–Crippen LogP) is 6.38. The molecule has 0 fully saturated rings. The molecule has 3 aromatic carbocycles. The molecule has 0 aliphatic carbocycles. The van der Waals surface area contributed by atoms with E-state index in [4.69, 9.17) is 23.8 Å². The van der Waals surface area contributed by atoms with Crippen LogP contribution in [0.4, 0.5) is 0 Å². The van der Waals surface area contributed by atoms with Gasteiger partial charge in [-0.05, 0) is 67.4 Å². The molecule has 1 aliphatic rings. The van der Waals surface area contributed by atoms with Crippen LogP contribution in [-0.4, -0.2) is 40.7 Å². The van der Waals surface area contributed by atoms with Crippen LogP contribution in [0.3, 0.4) is 0 Å². The number of ether oxygens (including phenoxy) is 3. The molecule has 9 heteroatoms. The zero-order chi connectivity index (χ0) is 28.9. The van der Waals surface area contributed by atoms with Crippen LogP contribution in [-0.2, 0) is 6.54 Å². The summed E-state index contributed by atoms with van der Waals surface area (Å²) >= 11 is 0. The summed E-state index contributed by atoms with van der Waals surface area (Å²) in [6, 6.07) is 23.1. The number of nitrogens with one attached hydrogen (secondary N) is 1. The van der Waals surface area contributed by atoms with Gasteiger partial charge in [-0.15, -0.1) is 0 Å². The molecule has 0 spiro atoms. The van der Waals surface area contributed by atoms with E-state index in [1.54, 1.807) is 6.07 Å². The number of benzene rings is 3. The fourth-order valence-electron chi connectivity index (χ4n) is 4.76. The third-order valence-corrected chi connectivity index (χ3v) is 7.02. The Morgan fingerprint density at radius 2 is 1.79 bits per heavy atom. The number of nitrogens with zero attached hydrogens (tertiary/aromatic N) is 3. The zero-order valence-corrected chi connectivity index (χ0v) is 23.6. The summed E-state index contributed by atoms with van der Waals surface area (Å²) in [6.07, 6.45) is 4.03. The van der Waals surface area contributed by atoms with Crippen molar-refractivity contribution in [1.82, 2.24) is 20.3 Å². The van der Waals surface area contributed by atoms with E-state index in [0.717, 1.165) is 52.2 Å². The molecule has 6 rings (SSSR count). The van der Waals surface area contributed by atoms with Crippen LogP contribution in [0.1, 0.15) is 41.4 Å². The van der Waals surface area contributed by atoms with Gasteiger partial charge in [0.15, 0.2) is 23.0 Å². The van der Waals surface area contributed by atoms with Crippen LogP contribution in [0.5, 0.6) is 17.2 Å². The van der Waals surface area contributed by atoms with Crippen molar-refractivity contribution >= 4 is 5.91 Å². The van der Waals surface area contributed by atoms with Crippen molar-refractivity contribution in [3.8, 4) is 45.5 Å². The second kappa shape index (κ2) is 12.2. The maximum absolute atomic E-state index is 13.1. The van der Waals surface area contributed by atoms with Crippen molar-refractivity contribution in [2.75, 3.05) is 19.8 Å². The minimum atomic E-state index is -0.350. The van der Waals surface area contributed by atoms with Gasteiger partial charge in [0, 0.05) is 35.5 Å². The van der Waals surface area contributed by atoms with Gasteiger partial charge in [0.2, 0.25) is 0 Å². The van der Waals surface area contributed by atoms with Crippen LogP contribution in [0.15, 0.2) is 83.5 Å². The minimum absolute atomic E-state index is 0.182. The van der Waals surface area contributed by atoms with Crippen molar-refractivity contribution in [3.05, 3.63) is 95.8 Å². The number of carbonyl (C=O) groups is 1. The zero-order valence-electron chi connectivity index (χ0n) is 23.6. The SMILES string of the molecule is CCCCOc1ccc(-c2nn(-c3ccccc3)cc2CNC(=O)c2cc(-c3ccc4c(c3)OCCO4)on2)cc1C. The average Bonchev–Trinajstić information content (AvgIpc) is 3.69. The highest BCUT2D eigenvalue weighted by Crippen LogP contribution is 2.35. The van der Waals surface area contributed by atoms with Crippen molar-refractivity contribution in [2.45, 2.75) is 33.2 Å². The van der Waals surface area contributed by atoms with Crippen molar-refractivity contribution in [3.63, 3.8) is 0 Å². The Morgan fingerprint density at radius 1 is 0.976 bits per heavy atom. The quantitative estimate of drug-likeness (QED) is 0.196. The Morgan fingerprint density at radius 3 is 2.60 bits per heavy atom. The van der Waals surface area contributed by atoms with E-state index in [9.17, 15) is 4.79 Å². The normalized spacial score (nSPS) is 12.2. The van der Waals surface area contributed by atoms with Crippen LogP contribution in [0.25, 0.3) is 28.3 Å². The number of hydrogen-bond acceptors (Lipinski definition) is 7. The molecule has 0 saturated carbocycles. The molecule has 42 heavy (non-hydrogen) atoms. The van der Waals surface area contributed by atoms with Gasteiger partial charge in [-0.1, -0.05) is 36.7 Å². The topological polar surface area (TPSA) is 101 Å². The van der Waals surface area contributed by atoms with E-state index in [2.05, 4.69) is 23.5 Å². The number of aryl methyl sites for hydroxylation is 1. The molecule has 1 N–H and O–H groups in total. The van der Waals surface area contributed by atoms with Crippen LogP contribution in [0.2, 0.25) is 0 Å². The van der Waals surface area contributed by atoms with Crippen LogP contribution >= 0.6 is 0 Å². The van der Waals surface area contributed by atoms with E-state index in [-0.39, 0.29) is 18.1 Å². The number of rotatable bonds is 10. The molecule has 0 atom stereocenters. The second-order valence-corrected chi connectivity index (χ2v) is 10.1. The third-order valence-electron chi connectivity index (χ3n) is 7.02. The molecule has 1 aliphatic heterocycles. The molecular weight excluding hydrogens is 532 g/mol. The number of amides is 1. The Hall–Kier alpha value is -5.05. The molecule has 0 bridgehead atoms. The Labute approximate surface area is 244 Å². The summed E-state index contributed by atoms with van der Waals surface area (Å²) < 4.78 is 24.5. The van der Waals surface area contributed by atoms with Gasteiger partial charge in [-0.25, -0.2) is 4.68 Å². The predicted molar refractivity (Wildman–Crippen MR) is 158 cm³/mol. The highest BCUT2D eigenvalue weighted by Gasteiger charge is 2.19. The largest absolute Gasteiger partial charge is 0.493 e. The Balaban J connectivity index is 1.22. The standard InChI is InChI=1S/C33H32N4O5/c1-3-4-14-39-28-12-11-24(17-22(28)2)32-25(21-37(35-32)26-8-6-5-7-9-26)20-34-33(38)27-19-30(42-36-27)23-10-13-29-31(18-23)41-16-15-40-29/h5-13,17-19,21H,3-4,14-16,20H2,1-2H3,(H,34,38). The lowest BCUT2D eigenvalue weighted by Crippen LogP contribution is -2.23. The van der Waals surface area contributed by atoms with Gasteiger partial charge < -0.3 is 24.1 Å².